The van der Waals surface area contributed by atoms with Gasteiger partial charge >= 0.3 is 0 Å². The zero-order valence-corrected chi connectivity index (χ0v) is 12.6. The summed E-state index contributed by atoms with van der Waals surface area (Å²) in [5.41, 5.74) is 1.22. The summed E-state index contributed by atoms with van der Waals surface area (Å²) in [5.74, 6) is 0. The van der Waals surface area contributed by atoms with E-state index < -0.39 is 0 Å². The minimum atomic E-state index is 0.783. The summed E-state index contributed by atoms with van der Waals surface area (Å²) in [5, 5.41) is 4.87. The fourth-order valence-electron chi connectivity index (χ4n) is 2.08. The van der Waals surface area contributed by atoms with Crippen LogP contribution >= 0.6 is 11.3 Å². The van der Waals surface area contributed by atoms with E-state index in [4.69, 9.17) is 4.98 Å². The van der Waals surface area contributed by atoms with Crippen molar-refractivity contribution in [3.05, 3.63) is 15.6 Å². The Balaban J connectivity index is 1.82. The van der Waals surface area contributed by atoms with E-state index in [1.54, 1.807) is 0 Å². The Hall–Kier alpha value is -0.450. The number of aromatic nitrogens is 1. The maximum absolute atomic E-state index is 4.70. The lowest BCUT2D eigenvalue weighted by molar-refractivity contribution is 0.308. The van der Waals surface area contributed by atoms with Crippen molar-refractivity contribution < 1.29 is 0 Å². The molecule has 1 aromatic heterocycles. The summed E-state index contributed by atoms with van der Waals surface area (Å²) in [6.45, 7) is 11.0. The van der Waals surface area contributed by atoms with E-state index in [9.17, 15) is 0 Å². The van der Waals surface area contributed by atoms with E-state index in [0.717, 1.165) is 38.6 Å². The maximum Gasteiger partial charge on any atom is 0.0944 e. The van der Waals surface area contributed by atoms with Crippen LogP contribution in [0.3, 0.4) is 0 Å². The molecule has 0 atom stereocenters. The highest BCUT2D eigenvalue weighted by molar-refractivity contribution is 7.11. The van der Waals surface area contributed by atoms with Gasteiger partial charge in [-0.2, -0.15) is 0 Å². The van der Waals surface area contributed by atoms with Gasteiger partial charge in [0, 0.05) is 30.4 Å². The minimum Gasteiger partial charge on any atom is -0.309 e. The Morgan fingerprint density at radius 2 is 2.06 bits per heavy atom. The number of nitrogens with zero attached hydrogens (tertiary/aromatic N) is 2. The molecule has 1 N–H and O–H groups in total. The van der Waals surface area contributed by atoms with Gasteiger partial charge in [-0.25, -0.2) is 4.98 Å². The van der Waals surface area contributed by atoms with E-state index in [-0.39, 0.29) is 0 Å². The van der Waals surface area contributed by atoms with Crippen LogP contribution in [0.5, 0.6) is 0 Å². The molecule has 0 amide bonds. The molecule has 0 aliphatic heterocycles. The molecule has 0 radical (unpaired) electrons. The second-order valence-electron chi connectivity index (χ2n) is 5.05. The Morgan fingerprint density at radius 1 is 1.33 bits per heavy atom. The van der Waals surface area contributed by atoms with Gasteiger partial charge in [0.05, 0.1) is 10.7 Å². The Labute approximate surface area is 115 Å². The van der Waals surface area contributed by atoms with Crippen LogP contribution in [0, 0.1) is 6.92 Å². The predicted molar refractivity (Wildman–Crippen MR) is 78.2 cm³/mol. The van der Waals surface area contributed by atoms with Crippen LogP contribution in [-0.4, -0.2) is 35.6 Å². The van der Waals surface area contributed by atoms with Gasteiger partial charge in [-0.05, 0) is 32.9 Å². The van der Waals surface area contributed by atoms with Gasteiger partial charge in [-0.15, -0.1) is 11.3 Å². The number of aryl methyl sites for hydroxylation is 1. The van der Waals surface area contributed by atoms with Crippen LogP contribution in [0.15, 0.2) is 0 Å². The molecule has 3 nitrogen and oxygen atoms in total. The van der Waals surface area contributed by atoms with Crippen molar-refractivity contribution in [2.75, 3.05) is 19.6 Å². The largest absolute Gasteiger partial charge is 0.309 e. The van der Waals surface area contributed by atoms with Crippen LogP contribution in [0.4, 0.5) is 0 Å². The number of nitrogens with one attached hydrogen (secondary N) is 1. The molecular formula is C14H25N3S. The highest BCUT2D eigenvalue weighted by atomic mass is 32.1. The highest BCUT2D eigenvalue weighted by Gasteiger charge is 2.21. The molecule has 1 saturated carbocycles. The zero-order chi connectivity index (χ0) is 13.0. The molecule has 0 unspecified atom stereocenters. The van der Waals surface area contributed by atoms with Crippen molar-refractivity contribution in [1.29, 1.82) is 0 Å². The Morgan fingerprint density at radius 3 is 2.67 bits per heavy atom. The first-order chi connectivity index (χ1) is 8.72. The number of hydrogen-bond acceptors (Lipinski definition) is 4. The maximum atomic E-state index is 4.70. The van der Waals surface area contributed by atoms with E-state index in [2.05, 4.69) is 31.0 Å². The topological polar surface area (TPSA) is 28.2 Å². The van der Waals surface area contributed by atoms with Crippen LogP contribution in [0.25, 0.3) is 0 Å². The summed E-state index contributed by atoms with van der Waals surface area (Å²) >= 11 is 1.89. The monoisotopic (exact) mass is 267 g/mol. The van der Waals surface area contributed by atoms with Gasteiger partial charge in [-0.1, -0.05) is 13.8 Å². The van der Waals surface area contributed by atoms with Crippen molar-refractivity contribution in [2.24, 2.45) is 0 Å². The second-order valence-corrected chi connectivity index (χ2v) is 6.22. The lowest BCUT2D eigenvalue weighted by atomic mass is 10.3. The van der Waals surface area contributed by atoms with Crippen molar-refractivity contribution in [3.63, 3.8) is 0 Å². The number of likely N-dealkylation sites (N-methyl/N-ethyl adjacent to an activating group) is 1. The quantitative estimate of drug-likeness (QED) is 0.785. The summed E-state index contributed by atoms with van der Waals surface area (Å²) < 4.78 is 0. The molecule has 0 aromatic carbocycles. The van der Waals surface area contributed by atoms with Gasteiger partial charge in [0.15, 0.2) is 0 Å². The molecule has 18 heavy (non-hydrogen) atoms. The molecule has 0 bridgehead atoms. The molecule has 4 heteroatoms. The first-order valence-electron chi connectivity index (χ1n) is 7.13. The molecule has 102 valence electrons. The van der Waals surface area contributed by atoms with E-state index in [0.29, 0.717) is 0 Å². The van der Waals surface area contributed by atoms with Gasteiger partial charge < -0.3 is 10.2 Å². The third kappa shape index (κ3) is 4.04. The van der Waals surface area contributed by atoms with Crippen molar-refractivity contribution >= 4 is 11.3 Å². The number of rotatable bonds is 8. The lowest BCUT2D eigenvalue weighted by Crippen LogP contribution is -2.25. The van der Waals surface area contributed by atoms with Crippen molar-refractivity contribution in [1.82, 2.24) is 15.2 Å². The summed E-state index contributed by atoms with van der Waals surface area (Å²) in [6.07, 6.45) is 3.80. The van der Waals surface area contributed by atoms with Gasteiger partial charge in [0.1, 0.15) is 0 Å². The Bertz CT molecular complexity index is 367. The fourth-order valence-corrected chi connectivity index (χ4v) is 3.09. The third-order valence-corrected chi connectivity index (χ3v) is 4.82. The molecule has 1 aliphatic carbocycles. The average molecular weight is 267 g/mol. The zero-order valence-electron chi connectivity index (χ0n) is 11.8. The van der Waals surface area contributed by atoms with Gasteiger partial charge in [0.2, 0.25) is 0 Å². The van der Waals surface area contributed by atoms with Crippen LogP contribution < -0.4 is 5.32 Å². The molecule has 0 spiro atoms. The summed E-state index contributed by atoms with van der Waals surface area (Å²) in [7, 11) is 0. The first kappa shape index (κ1) is 14.0. The van der Waals surface area contributed by atoms with Crippen molar-refractivity contribution in [3.8, 4) is 0 Å². The SMILES string of the molecule is CCN(CC)CCc1nc(C)c(CNC2CC2)s1. The summed E-state index contributed by atoms with van der Waals surface area (Å²) in [4.78, 5) is 8.59. The number of thiazole rings is 1. The van der Waals surface area contributed by atoms with Crippen LogP contribution in [0.2, 0.25) is 0 Å². The van der Waals surface area contributed by atoms with Gasteiger partial charge in [-0.3, -0.25) is 0 Å². The minimum absolute atomic E-state index is 0.783. The third-order valence-electron chi connectivity index (χ3n) is 3.60. The van der Waals surface area contributed by atoms with Gasteiger partial charge in [0.25, 0.3) is 0 Å². The summed E-state index contributed by atoms with van der Waals surface area (Å²) in [6, 6.07) is 0.783. The number of hydrogen-bond donors (Lipinski definition) is 1. The Kier molecular flexibility index (Phi) is 5.15. The molecule has 1 heterocycles. The normalized spacial score (nSPS) is 15.6. The average Bonchev–Trinajstić information content (AvgIpc) is 3.13. The molecule has 1 aromatic rings. The first-order valence-corrected chi connectivity index (χ1v) is 7.95. The molecule has 0 saturated heterocycles. The van der Waals surface area contributed by atoms with E-state index >= 15 is 0 Å². The van der Waals surface area contributed by atoms with Crippen LogP contribution in [0.1, 0.15) is 42.3 Å². The van der Waals surface area contributed by atoms with E-state index in [1.165, 1.54) is 28.4 Å². The second kappa shape index (κ2) is 6.64. The molecule has 1 aliphatic rings. The molecule has 1 fully saturated rings. The standard InChI is InChI=1S/C14H25N3S/c1-4-17(5-2)9-8-14-16-11(3)13(18-14)10-15-12-6-7-12/h12,15H,4-10H2,1-3H3. The smallest absolute Gasteiger partial charge is 0.0944 e. The van der Waals surface area contributed by atoms with Crippen LogP contribution in [-0.2, 0) is 13.0 Å². The van der Waals surface area contributed by atoms with Crippen molar-refractivity contribution in [2.45, 2.75) is 52.6 Å². The molecule has 2 rings (SSSR count). The highest BCUT2D eigenvalue weighted by Crippen LogP contribution is 2.23. The fraction of sp³-hybridized carbons (Fsp3) is 0.786. The lowest BCUT2D eigenvalue weighted by Gasteiger charge is -2.16. The van der Waals surface area contributed by atoms with E-state index in [1.807, 2.05) is 11.3 Å². The predicted octanol–water partition coefficient (Wildman–Crippen LogP) is 2.59. The molecular weight excluding hydrogens is 242 g/mol.